The van der Waals surface area contributed by atoms with E-state index in [4.69, 9.17) is 9.47 Å². The lowest BCUT2D eigenvalue weighted by Crippen LogP contribution is -2.38. The summed E-state index contributed by atoms with van der Waals surface area (Å²) < 4.78 is 11.6. The third kappa shape index (κ3) is 3.73. The SMILES string of the molecule is COc1ccc(C2(C#N)CCNCC2)cc1OC1CCCC1.Cl. The molecular weight excluding hydrogens is 312 g/mol. The summed E-state index contributed by atoms with van der Waals surface area (Å²) in [7, 11) is 1.67. The van der Waals surface area contributed by atoms with Gasteiger partial charge in [-0.25, -0.2) is 0 Å². The van der Waals surface area contributed by atoms with E-state index >= 15 is 0 Å². The molecule has 23 heavy (non-hydrogen) atoms. The van der Waals surface area contributed by atoms with Gasteiger partial charge in [0.2, 0.25) is 0 Å². The largest absolute Gasteiger partial charge is 0.493 e. The number of nitrogens with zero attached hydrogens (tertiary/aromatic N) is 1. The Bertz CT molecular complexity index is 559. The van der Waals surface area contributed by atoms with Crippen LogP contribution in [0.2, 0.25) is 0 Å². The number of nitriles is 1. The fraction of sp³-hybridized carbons (Fsp3) is 0.611. The molecule has 3 rings (SSSR count). The molecule has 1 aromatic carbocycles. The molecule has 0 unspecified atom stereocenters. The van der Waals surface area contributed by atoms with E-state index < -0.39 is 5.41 Å². The maximum Gasteiger partial charge on any atom is 0.161 e. The highest BCUT2D eigenvalue weighted by Crippen LogP contribution is 2.39. The monoisotopic (exact) mass is 336 g/mol. The number of rotatable bonds is 4. The third-order valence-electron chi connectivity index (χ3n) is 4.98. The normalized spacial score (nSPS) is 20.3. The fourth-order valence-electron chi connectivity index (χ4n) is 3.57. The van der Waals surface area contributed by atoms with Crippen molar-refractivity contribution in [3.8, 4) is 17.6 Å². The Morgan fingerprint density at radius 3 is 2.48 bits per heavy atom. The summed E-state index contributed by atoms with van der Waals surface area (Å²) in [5.41, 5.74) is 0.663. The van der Waals surface area contributed by atoms with Crippen LogP contribution in [0.3, 0.4) is 0 Å². The third-order valence-corrected chi connectivity index (χ3v) is 4.98. The van der Waals surface area contributed by atoms with E-state index in [9.17, 15) is 5.26 Å². The molecule has 5 heteroatoms. The molecule has 2 fully saturated rings. The predicted octanol–water partition coefficient (Wildman–Crippen LogP) is 3.58. The van der Waals surface area contributed by atoms with E-state index in [2.05, 4.69) is 11.4 Å². The Kier molecular flexibility index (Phi) is 6.15. The van der Waals surface area contributed by atoms with Gasteiger partial charge in [-0.05, 0) is 69.3 Å². The van der Waals surface area contributed by atoms with E-state index in [1.165, 1.54) is 12.8 Å². The molecule has 1 N–H and O–H groups in total. The first-order chi connectivity index (χ1) is 10.8. The number of ether oxygens (including phenoxy) is 2. The molecule has 2 aliphatic rings. The Balaban J connectivity index is 0.00000192. The number of methoxy groups -OCH3 is 1. The van der Waals surface area contributed by atoms with Gasteiger partial charge >= 0.3 is 0 Å². The lowest BCUT2D eigenvalue weighted by atomic mass is 9.74. The Labute approximate surface area is 144 Å². The number of nitrogens with one attached hydrogen (secondary N) is 1. The van der Waals surface area contributed by atoms with Crippen molar-refractivity contribution in [3.05, 3.63) is 23.8 Å². The molecule has 0 aromatic heterocycles. The first-order valence-corrected chi connectivity index (χ1v) is 8.24. The maximum atomic E-state index is 9.75. The van der Waals surface area contributed by atoms with Crippen LogP contribution in [0.1, 0.15) is 44.1 Å². The van der Waals surface area contributed by atoms with Crippen LogP contribution in [-0.2, 0) is 5.41 Å². The van der Waals surface area contributed by atoms with Gasteiger partial charge < -0.3 is 14.8 Å². The van der Waals surface area contributed by atoms with E-state index in [0.29, 0.717) is 0 Å². The summed E-state index contributed by atoms with van der Waals surface area (Å²) in [5, 5.41) is 13.1. The minimum absolute atomic E-state index is 0. The molecule has 4 nitrogen and oxygen atoms in total. The summed E-state index contributed by atoms with van der Waals surface area (Å²) in [6, 6.07) is 8.56. The van der Waals surface area contributed by atoms with Crippen LogP contribution in [0.5, 0.6) is 11.5 Å². The van der Waals surface area contributed by atoms with Gasteiger partial charge in [-0.15, -0.1) is 12.4 Å². The summed E-state index contributed by atoms with van der Waals surface area (Å²) in [6.45, 7) is 1.77. The average molecular weight is 337 g/mol. The van der Waals surface area contributed by atoms with Crippen LogP contribution in [0, 0.1) is 11.3 Å². The Morgan fingerprint density at radius 2 is 1.87 bits per heavy atom. The highest BCUT2D eigenvalue weighted by molar-refractivity contribution is 5.85. The first kappa shape index (κ1) is 17.9. The van der Waals surface area contributed by atoms with E-state index in [-0.39, 0.29) is 18.5 Å². The molecule has 0 bridgehead atoms. The summed E-state index contributed by atoms with van der Waals surface area (Å²) in [5.74, 6) is 1.55. The van der Waals surface area contributed by atoms with Gasteiger partial charge in [0.25, 0.3) is 0 Å². The molecule has 1 aliphatic carbocycles. The molecule has 1 saturated heterocycles. The van der Waals surface area contributed by atoms with Crippen molar-refractivity contribution in [1.82, 2.24) is 5.32 Å². The molecule has 1 saturated carbocycles. The molecule has 1 aromatic rings. The van der Waals surface area contributed by atoms with E-state index in [0.717, 1.165) is 55.8 Å². The Morgan fingerprint density at radius 1 is 1.17 bits per heavy atom. The molecule has 1 heterocycles. The Hall–Kier alpha value is -1.44. The predicted molar refractivity (Wildman–Crippen MR) is 92.5 cm³/mol. The molecule has 0 atom stereocenters. The van der Waals surface area contributed by atoms with Crippen molar-refractivity contribution in [2.75, 3.05) is 20.2 Å². The second-order valence-electron chi connectivity index (χ2n) is 6.33. The lowest BCUT2D eigenvalue weighted by molar-refractivity contribution is 0.200. The van der Waals surface area contributed by atoms with Crippen LogP contribution in [0.15, 0.2) is 18.2 Å². The molecule has 126 valence electrons. The van der Waals surface area contributed by atoms with Crippen molar-refractivity contribution in [3.63, 3.8) is 0 Å². The lowest BCUT2D eigenvalue weighted by Gasteiger charge is -2.32. The van der Waals surface area contributed by atoms with Crippen molar-refractivity contribution in [2.45, 2.75) is 50.0 Å². The average Bonchev–Trinajstić information content (AvgIpc) is 3.08. The first-order valence-electron chi connectivity index (χ1n) is 8.24. The number of hydrogen-bond donors (Lipinski definition) is 1. The van der Waals surface area contributed by atoms with Gasteiger partial charge in [-0.3, -0.25) is 0 Å². The van der Waals surface area contributed by atoms with Gasteiger partial charge in [-0.2, -0.15) is 5.26 Å². The molecule has 0 spiro atoms. The van der Waals surface area contributed by atoms with Gasteiger partial charge in [0.1, 0.15) is 0 Å². The highest BCUT2D eigenvalue weighted by Gasteiger charge is 2.35. The fourth-order valence-corrected chi connectivity index (χ4v) is 3.57. The topological polar surface area (TPSA) is 54.3 Å². The smallest absolute Gasteiger partial charge is 0.161 e. The molecule has 0 amide bonds. The van der Waals surface area contributed by atoms with E-state index in [1.807, 2.05) is 18.2 Å². The van der Waals surface area contributed by atoms with Crippen LogP contribution < -0.4 is 14.8 Å². The molecule has 0 radical (unpaired) electrons. The maximum absolute atomic E-state index is 9.75. The zero-order valence-electron chi connectivity index (χ0n) is 13.6. The summed E-state index contributed by atoms with van der Waals surface area (Å²) >= 11 is 0. The van der Waals surface area contributed by atoms with Crippen molar-refractivity contribution in [1.29, 1.82) is 5.26 Å². The van der Waals surface area contributed by atoms with Crippen molar-refractivity contribution in [2.24, 2.45) is 0 Å². The summed E-state index contributed by atoms with van der Waals surface area (Å²) in [6.07, 6.45) is 6.68. The zero-order chi connectivity index (χ0) is 15.4. The minimum atomic E-state index is -0.398. The summed E-state index contributed by atoms with van der Waals surface area (Å²) in [4.78, 5) is 0. The number of hydrogen-bond acceptors (Lipinski definition) is 4. The van der Waals surface area contributed by atoms with Crippen LogP contribution >= 0.6 is 12.4 Å². The highest BCUT2D eigenvalue weighted by atomic mass is 35.5. The quantitative estimate of drug-likeness (QED) is 0.913. The molecule has 1 aliphatic heterocycles. The van der Waals surface area contributed by atoms with Crippen LogP contribution in [0.4, 0.5) is 0 Å². The van der Waals surface area contributed by atoms with Gasteiger partial charge in [-0.1, -0.05) is 6.07 Å². The standard InChI is InChI=1S/C18H24N2O2.ClH/c1-21-16-7-6-14(18(13-19)8-10-20-11-9-18)12-17(16)22-15-4-2-3-5-15;/h6-7,12,15,20H,2-5,8-11H2,1H3;1H. The minimum Gasteiger partial charge on any atom is -0.493 e. The van der Waals surface area contributed by atoms with Crippen LogP contribution in [-0.4, -0.2) is 26.3 Å². The molecular formula is C18H25ClN2O2. The van der Waals surface area contributed by atoms with Crippen LogP contribution in [0.25, 0.3) is 0 Å². The van der Waals surface area contributed by atoms with Crippen molar-refractivity contribution >= 4 is 12.4 Å². The van der Waals surface area contributed by atoms with Gasteiger partial charge in [0.05, 0.1) is 24.7 Å². The van der Waals surface area contributed by atoms with Gasteiger partial charge in [0, 0.05) is 0 Å². The number of piperidine rings is 1. The second kappa shape index (κ2) is 7.90. The second-order valence-corrected chi connectivity index (χ2v) is 6.33. The van der Waals surface area contributed by atoms with Gasteiger partial charge in [0.15, 0.2) is 11.5 Å². The van der Waals surface area contributed by atoms with Crippen molar-refractivity contribution < 1.29 is 9.47 Å². The van der Waals surface area contributed by atoms with E-state index in [1.54, 1.807) is 7.11 Å². The number of halogens is 1. The zero-order valence-corrected chi connectivity index (χ0v) is 14.5. The number of benzene rings is 1.